The second kappa shape index (κ2) is 7.33. The molecule has 152 valence electrons. The van der Waals surface area contributed by atoms with Crippen LogP contribution in [-0.2, 0) is 16.6 Å². The van der Waals surface area contributed by atoms with Gasteiger partial charge in [-0.15, -0.1) is 0 Å². The Morgan fingerprint density at radius 1 is 0.966 bits per heavy atom. The van der Waals surface area contributed by atoms with Crippen molar-refractivity contribution < 1.29 is 17.9 Å². The molecule has 1 aromatic heterocycles. The van der Waals surface area contributed by atoms with Crippen molar-refractivity contribution in [1.82, 2.24) is 19.2 Å². The molecule has 5 rings (SSSR count). The number of nitrogens with one attached hydrogen (secondary N) is 1. The molecule has 0 radical (unpaired) electrons. The molecule has 0 spiro atoms. The second-order valence-electron chi connectivity index (χ2n) is 7.19. The Labute approximate surface area is 169 Å². The van der Waals surface area contributed by atoms with E-state index in [0.717, 1.165) is 16.9 Å². The van der Waals surface area contributed by atoms with Crippen LogP contribution in [0.1, 0.15) is 5.82 Å². The van der Waals surface area contributed by atoms with Crippen LogP contribution < -0.4 is 9.47 Å². The number of H-pyrrole nitrogens is 1. The lowest BCUT2D eigenvalue weighted by molar-refractivity contribution is 0.170. The highest BCUT2D eigenvalue weighted by atomic mass is 32.2. The average Bonchev–Trinajstić information content (AvgIpc) is 3.16. The first-order chi connectivity index (χ1) is 14.1. The predicted molar refractivity (Wildman–Crippen MR) is 108 cm³/mol. The maximum Gasteiger partial charge on any atom is 0.243 e. The summed E-state index contributed by atoms with van der Waals surface area (Å²) in [4.78, 5) is 10.4. The summed E-state index contributed by atoms with van der Waals surface area (Å²) in [6.45, 7) is 3.77. The van der Waals surface area contributed by atoms with Gasteiger partial charge in [0, 0.05) is 32.2 Å². The van der Waals surface area contributed by atoms with Gasteiger partial charge in [0.05, 0.1) is 22.5 Å². The molecule has 0 aliphatic carbocycles. The highest BCUT2D eigenvalue weighted by molar-refractivity contribution is 7.89. The standard InChI is InChI=1S/C20H22N4O4S/c25-29(26,15-5-6-18-19(13-15)28-12-11-27-18)24-9-7-23(8-10-24)14-20-21-16-3-1-2-4-17(16)22-20/h1-6,13H,7-12,14H2,(H,21,22). The van der Waals surface area contributed by atoms with Crippen LogP contribution >= 0.6 is 0 Å². The third-order valence-electron chi connectivity index (χ3n) is 5.29. The first-order valence-corrected chi connectivity index (χ1v) is 11.1. The van der Waals surface area contributed by atoms with Crippen LogP contribution in [0, 0.1) is 0 Å². The molecular formula is C20H22N4O4S. The quantitative estimate of drug-likeness (QED) is 0.701. The summed E-state index contributed by atoms with van der Waals surface area (Å²) in [7, 11) is -3.56. The molecular weight excluding hydrogens is 392 g/mol. The molecule has 1 fully saturated rings. The molecule has 2 aromatic carbocycles. The van der Waals surface area contributed by atoms with E-state index in [4.69, 9.17) is 9.47 Å². The number of piperazine rings is 1. The van der Waals surface area contributed by atoms with Crippen molar-refractivity contribution in [2.75, 3.05) is 39.4 Å². The Hall–Kier alpha value is -2.62. The maximum atomic E-state index is 13.0. The fourth-order valence-electron chi connectivity index (χ4n) is 3.75. The zero-order chi connectivity index (χ0) is 19.8. The van der Waals surface area contributed by atoms with Crippen LogP contribution in [0.4, 0.5) is 0 Å². The molecule has 1 N–H and O–H groups in total. The Kier molecular flexibility index (Phi) is 4.65. The highest BCUT2D eigenvalue weighted by Crippen LogP contribution is 2.33. The molecule has 3 heterocycles. The molecule has 0 bridgehead atoms. The summed E-state index contributed by atoms with van der Waals surface area (Å²) in [6.07, 6.45) is 0. The number of fused-ring (bicyclic) bond motifs is 2. The number of rotatable bonds is 4. The van der Waals surface area contributed by atoms with Crippen LogP contribution in [0.15, 0.2) is 47.4 Å². The zero-order valence-electron chi connectivity index (χ0n) is 15.9. The number of nitrogens with zero attached hydrogens (tertiary/aromatic N) is 3. The van der Waals surface area contributed by atoms with Crippen molar-refractivity contribution in [3.05, 3.63) is 48.3 Å². The molecule has 3 aromatic rings. The molecule has 0 saturated carbocycles. The summed E-state index contributed by atoms with van der Waals surface area (Å²) in [5.74, 6) is 1.97. The predicted octanol–water partition coefficient (Wildman–Crippen LogP) is 1.84. The topological polar surface area (TPSA) is 87.8 Å². The summed E-state index contributed by atoms with van der Waals surface area (Å²) in [5.41, 5.74) is 1.96. The normalized spacial score (nSPS) is 18.2. The fourth-order valence-corrected chi connectivity index (χ4v) is 5.19. The molecule has 0 atom stereocenters. The minimum atomic E-state index is -3.56. The van der Waals surface area contributed by atoms with E-state index < -0.39 is 10.0 Å². The third kappa shape index (κ3) is 3.57. The zero-order valence-corrected chi connectivity index (χ0v) is 16.7. The number of aromatic nitrogens is 2. The van der Waals surface area contributed by atoms with Crippen LogP contribution in [0.25, 0.3) is 11.0 Å². The van der Waals surface area contributed by atoms with E-state index >= 15 is 0 Å². The van der Waals surface area contributed by atoms with Gasteiger partial charge >= 0.3 is 0 Å². The van der Waals surface area contributed by atoms with Gasteiger partial charge < -0.3 is 14.5 Å². The van der Waals surface area contributed by atoms with E-state index in [2.05, 4.69) is 14.9 Å². The lowest BCUT2D eigenvalue weighted by atomic mass is 10.3. The summed E-state index contributed by atoms with van der Waals surface area (Å²) in [6, 6.07) is 12.7. The first-order valence-electron chi connectivity index (χ1n) is 9.65. The van der Waals surface area contributed by atoms with E-state index in [1.165, 1.54) is 4.31 Å². The van der Waals surface area contributed by atoms with Gasteiger partial charge in [0.25, 0.3) is 0 Å². The first kappa shape index (κ1) is 18.4. The van der Waals surface area contributed by atoms with Crippen LogP contribution in [0.2, 0.25) is 0 Å². The van der Waals surface area contributed by atoms with Gasteiger partial charge in [-0.25, -0.2) is 13.4 Å². The van der Waals surface area contributed by atoms with Crippen LogP contribution in [-0.4, -0.2) is 67.0 Å². The van der Waals surface area contributed by atoms with Gasteiger partial charge in [-0.3, -0.25) is 4.90 Å². The highest BCUT2D eigenvalue weighted by Gasteiger charge is 2.30. The monoisotopic (exact) mass is 414 g/mol. The van der Waals surface area contributed by atoms with Crippen molar-refractivity contribution in [2.45, 2.75) is 11.4 Å². The molecule has 2 aliphatic heterocycles. The van der Waals surface area contributed by atoms with E-state index in [1.807, 2.05) is 24.3 Å². The molecule has 1 saturated heterocycles. The minimum absolute atomic E-state index is 0.243. The van der Waals surface area contributed by atoms with Gasteiger partial charge in [-0.05, 0) is 24.3 Å². The minimum Gasteiger partial charge on any atom is -0.486 e. The molecule has 8 nitrogen and oxygen atoms in total. The number of para-hydroxylation sites is 2. The average molecular weight is 414 g/mol. The van der Waals surface area contributed by atoms with Crippen molar-refractivity contribution in [3.63, 3.8) is 0 Å². The number of ether oxygens (including phenoxy) is 2. The SMILES string of the molecule is O=S(=O)(c1ccc2c(c1)OCCO2)N1CCN(Cc2nc3ccccc3[nH]2)CC1. The molecule has 29 heavy (non-hydrogen) atoms. The summed E-state index contributed by atoms with van der Waals surface area (Å²) >= 11 is 0. The molecule has 2 aliphatic rings. The fraction of sp³-hybridized carbons (Fsp3) is 0.350. The van der Waals surface area contributed by atoms with Crippen molar-refractivity contribution in [2.24, 2.45) is 0 Å². The van der Waals surface area contributed by atoms with Gasteiger partial charge in [0.2, 0.25) is 10.0 Å². The van der Waals surface area contributed by atoms with E-state index in [0.29, 0.717) is 57.4 Å². The lowest BCUT2D eigenvalue weighted by Gasteiger charge is -2.33. The van der Waals surface area contributed by atoms with Crippen LogP contribution in [0.3, 0.4) is 0 Å². The van der Waals surface area contributed by atoms with E-state index in [1.54, 1.807) is 18.2 Å². The van der Waals surface area contributed by atoms with E-state index in [9.17, 15) is 8.42 Å². The number of hydrogen-bond acceptors (Lipinski definition) is 6. The van der Waals surface area contributed by atoms with Gasteiger partial charge in [0.15, 0.2) is 11.5 Å². The number of sulfonamides is 1. The second-order valence-corrected chi connectivity index (χ2v) is 9.12. The Balaban J connectivity index is 1.26. The maximum absolute atomic E-state index is 13.0. The Morgan fingerprint density at radius 2 is 1.72 bits per heavy atom. The number of benzene rings is 2. The Morgan fingerprint density at radius 3 is 2.52 bits per heavy atom. The number of aromatic amines is 1. The number of hydrogen-bond donors (Lipinski definition) is 1. The van der Waals surface area contributed by atoms with Crippen molar-refractivity contribution >= 4 is 21.1 Å². The summed E-state index contributed by atoms with van der Waals surface area (Å²) < 4.78 is 38.6. The molecule has 0 amide bonds. The Bertz CT molecular complexity index is 1100. The third-order valence-corrected chi connectivity index (χ3v) is 7.19. The van der Waals surface area contributed by atoms with Crippen molar-refractivity contribution in [3.8, 4) is 11.5 Å². The largest absolute Gasteiger partial charge is 0.486 e. The lowest BCUT2D eigenvalue weighted by Crippen LogP contribution is -2.48. The van der Waals surface area contributed by atoms with Gasteiger partial charge in [-0.1, -0.05) is 12.1 Å². The molecule has 0 unspecified atom stereocenters. The van der Waals surface area contributed by atoms with Crippen LogP contribution in [0.5, 0.6) is 11.5 Å². The number of imidazole rings is 1. The van der Waals surface area contributed by atoms with E-state index in [-0.39, 0.29) is 4.90 Å². The van der Waals surface area contributed by atoms with Gasteiger partial charge in [0.1, 0.15) is 19.0 Å². The van der Waals surface area contributed by atoms with Gasteiger partial charge in [-0.2, -0.15) is 4.31 Å². The summed E-state index contributed by atoms with van der Waals surface area (Å²) in [5, 5.41) is 0. The smallest absolute Gasteiger partial charge is 0.243 e. The molecule has 9 heteroatoms. The van der Waals surface area contributed by atoms with Crippen molar-refractivity contribution in [1.29, 1.82) is 0 Å².